The smallest absolute Gasteiger partial charge is 0.164 e. The number of nitrogens with zero attached hydrogens (tertiary/aromatic N) is 3. The number of phenols is 1. The molecule has 4 heteroatoms. The van der Waals surface area contributed by atoms with Gasteiger partial charge in [-0.1, -0.05) is 78.9 Å². The van der Waals surface area contributed by atoms with E-state index in [9.17, 15) is 5.11 Å². The van der Waals surface area contributed by atoms with E-state index in [0.29, 0.717) is 0 Å². The molecule has 0 saturated carbocycles. The van der Waals surface area contributed by atoms with Crippen molar-refractivity contribution >= 4 is 12.0 Å². The number of para-hydroxylation sites is 1. The Balaban J connectivity index is 1.77. The second-order valence-electron chi connectivity index (χ2n) is 7.38. The van der Waals surface area contributed by atoms with E-state index >= 15 is 0 Å². The topological polar surface area (TPSA) is 50.4 Å². The van der Waals surface area contributed by atoms with Crippen LogP contribution >= 0.6 is 0 Å². The molecule has 0 saturated heterocycles. The molecule has 0 amide bonds. The predicted octanol–water partition coefficient (Wildman–Crippen LogP) is 6.66. The van der Waals surface area contributed by atoms with E-state index < -0.39 is 0 Å². The highest BCUT2D eigenvalue weighted by atomic mass is 16.3. The summed E-state index contributed by atoms with van der Waals surface area (Å²) >= 11 is 0. The molecule has 0 aliphatic rings. The first kappa shape index (κ1) is 19.5. The molecule has 0 unspecified atom stereocenters. The normalized spacial score (nSPS) is 11.1. The third-order valence-corrected chi connectivity index (χ3v) is 5.20. The molecule has 0 radical (unpaired) electrons. The van der Waals surface area contributed by atoms with Crippen molar-refractivity contribution < 1.29 is 5.11 Å². The van der Waals surface area contributed by atoms with Crippen LogP contribution in [-0.4, -0.2) is 21.1 Å². The van der Waals surface area contributed by atoms with Gasteiger partial charge >= 0.3 is 0 Å². The fourth-order valence-corrected chi connectivity index (χ4v) is 3.64. The van der Waals surface area contributed by atoms with Gasteiger partial charge in [0.25, 0.3) is 0 Å². The molecular formula is C28H21N3O. The fourth-order valence-electron chi connectivity index (χ4n) is 3.64. The van der Waals surface area contributed by atoms with E-state index in [2.05, 4.69) is 24.3 Å². The van der Waals surface area contributed by atoms with Gasteiger partial charge in [0.05, 0.1) is 11.3 Å². The van der Waals surface area contributed by atoms with Crippen molar-refractivity contribution in [3.63, 3.8) is 0 Å². The minimum absolute atomic E-state index is 0.229. The van der Waals surface area contributed by atoms with E-state index in [1.807, 2.05) is 83.5 Å². The molecule has 0 aliphatic carbocycles. The van der Waals surface area contributed by atoms with Gasteiger partial charge in [0.2, 0.25) is 0 Å². The average molecular weight is 415 g/mol. The lowest BCUT2D eigenvalue weighted by Gasteiger charge is -2.06. The number of phenolic OH excluding ortho intramolecular Hbond substituents is 1. The second kappa shape index (κ2) is 8.74. The third kappa shape index (κ3) is 3.94. The third-order valence-electron chi connectivity index (χ3n) is 5.20. The second-order valence-corrected chi connectivity index (χ2v) is 7.38. The van der Waals surface area contributed by atoms with Gasteiger partial charge in [-0.15, -0.1) is 0 Å². The van der Waals surface area contributed by atoms with E-state index in [-0.39, 0.29) is 5.75 Å². The average Bonchev–Trinajstić information content (AvgIpc) is 3.25. The number of aromatic nitrogens is 2. The van der Waals surface area contributed by atoms with E-state index in [1.165, 1.54) is 0 Å². The number of rotatable bonds is 5. The Morgan fingerprint density at radius 2 is 1.22 bits per heavy atom. The summed E-state index contributed by atoms with van der Waals surface area (Å²) in [6.07, 6.45) is 1.80. The molecule has 154 valence electrons. The Kier molecular flexibility index (Phi) is 5.33. The van der Waals surface area contributed by atoms with Gasteiger partial charge in [-0.2, -0.15) is 5.10 Å². The highest BCUT2D eigenvalue weighted by molar-refractivity contribution is 5.91. The number of aliphatic imine (C=N–C) groups is 1. The van der Waals surface area contributed by atoms with E-state index in [1.54, 1.807) is 18.3 Å². The summed E-state index contributed by atoms with van der Waals surface area (Å²) < 4.78 is 1.89. The van der Waals surface area contributed by atoms with Crippen LogP contribution in [-0.2, 0) is 0 Å². The van der Waals surface area contributed by atoms with Crippen LogP contribution in [0, 0.1) is 0 Å². The number of aromatic hydroxyl groups is 1. The summed E-state index contributed by atoms with van der Waals surface area (Å²) in [7, 11) is 0. The van der Waals surface area contributed by atoms with Gasteiger partial charge in [-0.05, 0) is 47.5 Å². The fraction of sp³-hybridized carbons (Fsp3) is 0. The quantitative estimate of drug-likeness (QED) is 0.326. The SMILES string of the molecule is Oc1ccc(C=Nc2c(-c3ccccc3)c(-c3ccccc3)nn2-c2ccccc2)cc1. The van der Waals surface area contributed by atoms with E-state index in [0.717, 1.165) is 39.5 Å². The standard InChI is InChI=1S/C28H21N3O/c32-25-18-16-21(17-19-25)20-29-28-26(22-10-4-1-5-11-22)27(23-12-6-2-7-13-23)30-31(28)24-14-8-3-9-15-24/h1-20,32H. The molecule has 1 heterocycles. The van der Waals surface area contributed by atoms with Crippen LogP contribution in [0.15, 0.2) is 120 Å². The molecule has 0 bridgehead atoms. The summed E-state index contributed by atoms with van der Waals surface area (Å²) in [5, 5.41) is 14.6. The number of hydrogen-bond acceptors (Lipinski definition) is 3. The molecular weight excluding hydrogens is 394 g/mol. The molecule has 4 aromatic carbocycles. The molecule has 32 heavy (non-hydrogen) atoms. The summed E-state index contributed by atoms with van der Waals surface area (Å²) in [6, 6.07) is 37.4. The molecule has 4 nitrogen and oxygen atoms in total. The molecule has 1 aromatic heterocycles. The van der Waals surface area contributed by atoms with Crippen molar-refractivity contribution in [2.24, 2.45) is 4.99 Å². The van der Waals surface area contributed by atoms with Crippen LogP contribution in [0.25, 0.3) is 28.1 Å². The molecule has 1 N–H and O–H groups in total. The molecule has 5 rings (SSSR count). The number of hydrogen-bond donors (Lipinski definition) is 1. The maximum absolute atomic E-state index is 9.60. The van der Waals surface area contributed by atoms with Gasteiger partial charge < -0.3 is 5.11 Å². The van der Waals surface area contributed by atoms with Crippen molar-refractivity contribution in [2.45, 2.75) is 0 Å². The summed E-state index contributed by atoms with van der Waals surface area (Å²) in [6.45, 7) is 0. The van der Waals surface area contributed by atoms with Gasteiger partial charge in [-0.25, -0.2) is 9.67 Å². The van der Waals surface area contributed by atoms with Crippen molar-refractivity contribution in [3.05, 3.63) is 121 Å². The predicted molar refractivity (Wildman–Crippen MR) is 130 cm³/mol. The molecule has 0 aliphatic heterocycles. The lowest BCUT2D eigenvalue weighted by atomic mass is 10.0. The maximum atomic E-state index is 9.60. The van der Waals surface area contributed by atoms with Crippen LogP contribution in [0.5, 0.6) is 5.75 Å². The van der Waals surface area contributed by atoms with Gasteiger partial charge in [0, 0.05) is 11.8 Å². The highest BCUT2D eigenvalue weighted by Crippen LogP contribution is 2.40. The minimum atomic E-state index is 0.229. The van der Waals surface area contributed by atoms with E-state index in [4.69, 9.17) is 10.1 Å². The molecule has 5 aromatic rings. The zero-order valence-corrected chi connectivity index (χ0v) is 17.3. The monoisotopic (exact) mass is 415 g/mol. The largest absolute Gasteiger partial charge is 0.508 e. The van der Waals surface area contributed by atoms with Gasteiger partial charge in [0.15, 0.2) is 5.82 Å². The van der Waals surface area contributed by atoms with Crippen molar-refractivity contribution in [1.82, 2.24) is 9.78 Å². The van der Waals surface area contributed by atoms with Crippen LogP contribution in [0.1, 0.15) is 5.56 Å². The Labute approximate surface area is 186 Å². The van der Waals surface area contributed by atoms with Crippen LogP contribution in [0.2, 0.25) is 0 Å². The Morgan fingerprint density at radius 1 is 0.656 bits per heavy atom. The van der Waals surface area contributed by atoms with Gasteiger partial charge in [0.1, 0.15) is 11.4 Å². The number of benzene rings is 4. The lowest BCUT2D eigenvalue weighted by molar-refractivity contribution is 0.475. The Morgan fingerprint density at radius 3 is 1.84 bits per heavy atom. The first-order valence-corrected chi connectivity index (χ1v) is 10.4. The first-order valence-electron chi connectivity index (χ1n) is 10.4. The maximum Gasteiger partial charge on any atom is 0.164 e. The van der Waals surface area contributed by atoms with Crippen LogP contribution < -0.4 is 0 Å². The van der Waals surface area contributed by atoms with Crippen molar-refractivity contribution in [1.29, 1.82) is 0 Å². The first-order chi connectivity index (χ1) is 15.8. The highest BCUT2D eigenvalue weighted by Gasteiger charge is 2.21. The Hall–Kier alpha value is -4.44. The Bertz CT molecular complexity index is 1340. The summed E-state index contributed by atoms with van der Waals surface area (Å²) in [4.78, 5) is 4.90. The van der Waals surface area contributed by atoms with Gasteiger partial charge in [-0.3, -0.25) is 0 Å². The summed E-state index contributed by atoms with van der Waals surface area (Å²) in [5.41, 5.74) is 5.75. The van der Waals surface area contributed by atoms with Crippen molar-refractivity contribution in [2.75, 3.05) is 0 Å². The summed E-state index contributed by atoms with van der Waals surface area (Å²) in [5.74, 6) is 0.974. The van der Waals surface area contributed by atoms with Crippen LogP contribution in [0.3, 0.4) is 0 Å². The zero-order chi connectivity index (χ0) is 21.8. The molecule has 0 atom stereocenters. The zero-order valence-electron chi connectivity index (χ0n) is 17.3. The molecule has 0 spiro atoms. The van der Waals surface area contributed by atoms with Crippen molar-refractivity contribution in [3.8, 4) is 33.8 Å². The minimum Gasteiger partial charge on any atom is -0.508 e. The van der Waals surface area contributed by atoms with Crippen LogP contribution in [0.4, 0.5) is 5.82 Å². The molecule has 0 fully saturated rings. The lowest BCUT2D eigenvalue weighted by Crippen LogP contribution is -1.96.